The zero-order valence-electron chi connectivity index (χ0n) is 16.3. The number of amides is 2. The summed E-state index contributed by atoms with van der Waals surface area (Å²) in [5.74, 6) is 0.682. The summed E-state index contributed by atoms with van der Waals surface area (Å²) in [5.41, 5.74) is -0.454. The molecular weight excluding hydrogens is 318 g/mol. The van der Waals surface area contributed by atoms with Crippen LogP contribution in [0.5, 0.6) is 0 Å². The van der Waals surface area contributed by atoms with Gasteiger partial charge in [0.25, 0.3) is 0 Å². The Morgan fingerprint density at radius 2 is 1.68 bits per heavy atom. The third-order valence-corrected chi connectivity index (χ3v) is 5.19. The lowest BCUT2D eigenvalue weighted by Gasteiger charge is -2.43. The molecule has 2 amide bonds. The van der Waals surface area contributed by atoms with E-state index in [0.717, 1.165) is 13.1 Å². The number of hydrogen-bond donors (Lipinski definition) is 1. The van der Waals surface area contributed by atoms with Gasteiger partial charge >= 0.3 is 6.09 Å². The molecule has 0 aromatic carbocycles. The van der Waals surface area contributed by atoms with Crippen LogP contribution in [-0.2, 0) is 9.53 Å². The second kappa shape index (κ2) is 8.88. The van der Waals surface area contributed by atoms with Crippen LogP contribution in [0.25, 0.3) is 0 Å². The van der Waals surface area contributed by atoms with Crippen molar-refractivity contribution >= 4 is 12.0 Å². The summed E-state index contributed by atoms with van der Waals surface area (Å²) < 4.78 is 5.48. The van der Waals surface area contributed by atoms with E-state index in [0.29, 0.717) is 31.6 Å². The largest absolute Gasteiger partial charge is 0.444 e. The van der Waals surface area contributed by atoms with Gasteiger partial charge in [0.1, 0.15) is 5.60 Å². The van der Waals surface area contributed by atoms with Crippen LogP contribution in [0, 0.1) is 5.92 Å². The first-order valence-corrected chi connectivity index (χ1v) is 9.72. The fourth-order valence-electron chi connectivity index (χ4n) is 3.92. The average molecular weight is 354 g/mol. The van der Waals surface area contributed by atoms with E-state index in [9.17, 15) is 9.59 Å². The van der Waals surface area contributed by atoms with Crippen LogP contribution in [0.2, 0.25) is 0 Å². The van der Waals surface area contributed by atoms with E-state index in [4.69, 9.17) is 4.74 Å². The van der Waals surface area contributed by atoms with E-state index in [-0.39, 0.29) is 12.0 Å². The molecule has 1 saturated heterocycles. The summed E-state index contributed by atoms with van der Waals surface area (Å²) in [6.07, 6.45) is 6.18. The lowest BCUT2D eigenvalue weighted by atomic mass is 9.83. The monoisotopic (exact) mass is 353 g/mol. The number of ether oxygens (including phenoxy) is 1. The van der Waals surface area contributed by atoms with Crippen molar-refractivity contribution in [2.24, 2.45) is 5.92 Å². The summed E-state index contributed by atoms with van der Waals surface area (Å²) in [5, 5.41) is 3.02. The quantitative estimate of drug-likeness (QED) is 0.844. The molecule has 1 atom stereocenters. The van der Waals surface area contributed by atoms with Gasteiger partial charge in [0.05, 0.1) is 0 Å². The van der Waals surface area contributed by atoms with Crippen molar-refractivity contribution in [3.8, 4) is 0 Å². The standard InChI is InChI=1S/C19H35N3O3/c1-15(23)20-14-17(16-8-6-5-7-9-16)21-10-12-22(13-11-21)18(24)25-19(2,3)4/h16-17H,5-14H2,1-4H3,(H,20,23). The molecule has 0 bridgehead atoms. The normalized spacial score (nSPS) is 21.7. The van der Waals surface area contributed by atoms with Gasteiger partial charge in [-0.25, -0.2) is 4.79 Å². The van der Waals surface area contributed by atoms with Gasteiger partial charge < -0.3 is 15.0 Å². The summed E-state index contributed by atoms with van der Waals surface area (Å²) in [4.78, 5) is 27.9. The lowest BCUT2D eigenvalue weighted by molar-refractivity contribution is -0.119. The number of rotatable bonds is 4. The predicted molar refractivity (Wildman–Crippen MR) is 98.4 cm³/mol. The van der Waals surface area contributed by atoms with Crippen LogP contribution in [-0.4, -0.2) is 66.2 Å². The number of carbonyl (C=O) groups is 2. The molecule has 0 radical (unpaired) electrons. The van der Waals surface area contributed by atoms with E-state index < -0.39 is 5.60 Å². The van der Waals surface area contributed by atoms with Crippen LogP contribution >= 0.6 is 0 Å². The molecule has 1 heterocycles. The molecule has 2 rings (SSSR count). The maximum absolute atomic E-state index is 12.2. The van der Waals surface area contributed by atoms with Crippen LogP contribution in [0.3, 0.4) is 0 Å². The molecule has 0 spiro atoms. The first-order chi connectivity index (χ1) is 11.8. The Bertz CT molecular complexity index is 447. The van der Waals surface area contributed by atoms with Gasteiger partial charge in [0, 0.05) is 45.7 Å². The minimum Gasteiger partial charge on any atom is -0.444 e. The highest BCUT2D eigenvalue weighted by Gasteiger charge is 2.33. The van der Waals surface area contributed by atoms with Crippen molar-refractivity contribution in [2.45, 2.75) is 71.4 Å². The van der Waals surface area contributed by atoms with E-state index in [1.807, 2.05) is 20.8 Å². The highest BCUT2D eigenvalue weighted by Crippen LogP contribution is 2.29. The van der Waals surface area contributed by atoms with Gasteiger partial charge in [0.15, 0.2) is 0 Å². The fraction of sp³-hybridized carbons (Fsp3) is 0.895. The zero-order valence-corrected chi connectivity index (χ0v) is 16.3. The maximum atomic E-state index is 12.2. The molecule has 2 fully saturated rings. The van der Waals surface area contributed by atoms with E-state index in [2.05, 4.69) is 10.2 Å². The molecule has 0 aromatic heterocycles. The smallest absolute Gasteiger partial charge is 0.410 e. The third kappa shape index (κ3) is 6.49. The number of nitrogens with zero attached hydrogens (tertiary/aromatic N) is 2. The number of carbonyl (C=O) groups excluding carboxylic acids is 2. The van der Waals surface area contributed by atoms with Gasteiger partial charge in [-0.05, 0) is 39.5 Å². The van der Waals surface area contributed by atoms with E-state index >= 15 is 0 Å². The first-order valence-electron chi connectivity index (χ1n) is 9.72. The molecule has 0 aromatic rings. The molecule has 1 aliphatic heterocycles. The summed E-state index contributed by atoms with van der Waals surface area (Å²) in [7, 11) is 0. The maximum Gasteiger partial charge on any atom is 0.410 e. The summed E-state index contributed by atoms with van der Waals surface area (Å²) in [6.45, 7) is 11.1. The minimum atomic E-state index is -0.454. The highest BCUT2D eigenvalue weighted by atomic mass is 16.6. The van der Waals surface area contributed by atoms with Gasteiger partial charge in [-0.1, -0.05) is 19.3 Å². The molecule has 2 aliphatic rings. The molecule has 1 saturated carbocycles. The molecular formula is C19H35N3O3. The van der Waals surface area contributed by atoms with Crippen molar-refractivity contribution in [1.82, 2.24) is 15.1 Å². The Hall–Kier alpha value is -1.30. The predicted octanol–water partition coefficient (Wildman–Crippen LogP) is 2.62. The number of hydrogen-bond acceptors (Lipinski definition) is 4. The SMILES string of the molecule is CC(=O)NCC(C1CCCCC1)N1CCN(C(=O)OC(C)(C)C)CC1. The topological polar surface area (TPSA) is 61.9 Å². The van der Waals surface area contributed by atoms with E-state index in [1.165, 1.54) is 32.1 Å². The Kier molecular flexibility index (Phi) is 7.11. The molecule has 1 unspecified atom stereocenters. The zero-order chi connectivity index (χ0) is 18.4. The second-order valence-corrected chi connectivity index (χ2v) is 8.41. The first kappa shape index (κ1) is 20.0. The molecule has 6 heteroatoms. The van der Waals surface area contributed by atoms with Gasteiger partial charge in [-0.3, -0.25) is 9.69 Å². The van der Waals surface area contributed by atoms with Gasteiger partial charge in [0.2, 0.25) is 5.91 Å². The summed E-state index contributed by atoms with van der Waals surface area (Å²) in [6, 6.07) is 0.380. The van der Waals surface area contributed by atoms with Crippen molar-refractivity contribution in [2.75, 3.05) is 32.7 Å². The van der Waals surface area contributed by atoms with Crippen molar-refractivity contribution in [3.63, 3.8) is 0 Å². The van der Waals surface area contributed by atoms with Crippen LogP contribution in [0.4, 0.5) is 4.79 Å². The number of nitrogens with one attached hydrogen (secondary N) is 1. The van der Waals surface area contributed by atoms with Crippen LogP contribution in [0.15, 0.2) is 0 Å². The molecule has 1 N–H and O–H groups in total. The highest BCUT2D eigenvalue weighted by molar-refractivity contribution is 5.72. The van der Waals surface area contributed by atoms with Crippen LogP contribution in [0.1, 0.15) is 59.8 Å². The van der Waals surface area contributed by atoms with Crippen molar-refractivity contribution in [3.05, 3.63) is 0 Å². The Labute approximate surface area is 152 Å². The molecule has 6 nitrogen and oxygen atoms in total. The Morgan fingerprint density at radius 1 is 1.08 bits per heavy atom. The molecule has 1 aliphatic carbocycles. The Balaban J connectivity index is 1.91. The van der Waals surface area contributed by atoms with E-state index in [1.54, 1.807) is 11.8 Å². The third-order valence-electron chi connectivity index (χ3n) is 5.19. The van der Waals surface area contributed by atoms with Crippen molar-refractivity contribution in [1.29, 1.82) is 0 Å². The minimum absolute atomic E-state index is 0.0354. The number of piperazine rings is 1. The lowest BCUT2D eigenvalue weighted by Crippen LogP contribution is -2.57. The second-order valence-electron chi connectivity index (χ2n) is 8.41. The molecule has 144 valence electrons. The van der Waals surface area contributed by atoms with Gasteiger partial charge in [-0.2, -0.15) is 0 Å². The average Bonchev–Trinajstić information content (AvgIpc) is 2.55. The molecule has 25 heavy (non-hydrogen) atoms. The Morgan fingerprint density at radius 3 is 2.20 bits per heavy atom. The van der Waals surface area contributed by atoms with Crippen molar-refractivity contribution < 1.29 is 14.3 Å². The van der Waals surface area contributed by atoms with Crippen LogP contribution < -0.4 is 5.32 Å². The fourth-order valence-corrected chi connectivity index (χ4v) is 3.92. The van der Waals surface area contributed by atoms with Gasteiger partial charge in [-0.15, -0.1) is 0 Å². The summed E-state index contributed by atoms with van der Waals surface area (Å²) >= 11 is 0.